The van der Waals surface area contributed by atoms with Gasteiger partial charge in [0.15, 0.2) is 0 Å². The van der Waals surface area contributed by atoms with Crippen molar-refractivity contribution in [2.45, 2.75) is 6.92 Å². The third-order valence-corrected chi connectivity index (χ3v) is 1.64. The summed E-state index contributed by atoms with van der Waals surface area (Å²) in [4.78, 5) is 10.8. The van der Waals surface area contributed by atoms with Crippen molar-refractivity contribution in [3.8, 4) is 0 Å². The summed E-state index contributed by atoms with van der Waals surface area (Å²) < 4.78 is 4.64. The number of rotatable bonds is 4. The minimum Gasteiger partial charge on any atom is -0.463 e. The Bertz CT molecular complexity index is 149. The molecule has 0 aliphatic carbocycles. The van der Waals surface area contributed by atoms with Crippen molar-refractivity contribution < 1.29 is 9.53 Å². The highest BCUT2D eigenvalue weighted by atomic mass is 35.5. The molecule has 0 aromatic carbocycles. The molecule has 0 heterocycles. The summed E-state index contributed by atoms with van der Waals surface area (Å²) in [5, 5.41) is 0. The summed E-state index contributed by atoms with van der Waals surface area (Å²) in [6, 6.07) is 0. The Morgan fingerprint density at radius 2 is 2.00 bits per heavy atom. The van der Waals surface area contributed by atoms with Crippen molar-refractivity contribution in [1.82, 2.24) is 0 Å². The number of hydrogen-bond donors (Lipinski definition) is 0. The SMILES string of the molecule is CCOC(=O)C=C(CCl)CCl. The van der Waals surface area contributed by atoms with E-state index >= 15 is 0 Å². The van der Waals surface area contributed by atoms with Crippen molar-refractivity contribution in [1.29, 1.82) is 0 Å². The average molecular weight is 197 g/mol. The van der Waals surface area contributed by atoms with Crippen LogP contribution in [0.15, 0.2) is 11.6 Å². The van der Waals surface area contributed by atoms with Crippen LogP contribution < -0.4 is 0 Å². The number of carbonyl (C=O) groups excluding carboxylic acids is 1. The van der Waals surface area contributed by atoms with Gasteiger partial charge in [0.05, 0.1) is 6.61 Å². The second-order valence-corrected chi connectivity index (χ2v) is 2.36. The van der Waals surface area contributed by atoms with Gasteiger partial charge in [-0.15, -0.1) is 23.2 Å². The molecule has 0 saturated heterocycles. The Morgan fingerprint density at radius 3 is 2.36 bits per heavy atom. The van der Waals surface area contributed by atoms with Crippen LogP contribution in [0, 0.1) is 0 Å². The lowest BCUT2D eigenvalue weighted by Gasteiger charge is -1.97. The number of alkyl halides is 2. The average Bonchev–Trinajstić information content (AvgIpc) is 2.01. The Kier molecular flexibility index (Phi) is 6.37. The Hall–Kier alpha value is -0.210. The first kappa shape index (κ1) is 10.8. The number of esters is 1. The van der Waals surface area contributed by atoms with Gasteiger partial charge in [0.25, 0.3) is 0 Å². The lowest BCUT2D eigenvalue weighted by atomic mass is 10.3. The van der Waals surface area contributed by atoms with Crippen molar-refractivity contribution in [3.05, 3.63) is 11.6 Å². The second kappa shape index (κ2) is 6.50. The van der Waals surface area contributed by atoms with Gasteiger partial charge in [-0.05, 0) is 12.5 Å². The topological polar surface area (TPSA) is 26.3 Å². The van der Waals surface area contributed by atoms with Gasteiger partial charge < -0.3 is 4.74 Å². The van der Waals surface area contributed by atoms with Gasteiger partial charge in [-0.3, -0.25) is 0 Å². The highest BCUT2D eigenvalue weighted by Gasteiger charge is 1.99. The fourth-order valence-electron chi connectivity index (χ4n) is 0.463. The van der Waals surface area contributed by atoms with Crippen LogP contribution in [0.4, 0.5) is 0 Å². The van der Waals surface area contributed by atoms with Crippen molar-refractivity contribution in [2.75, 3.05) is 18.4 Å². The van der Waals surface area contributed by atoms with Crippen LogP contribution >= 0.6 is 23.2 Å². The van der Waals surface area contributed by atoms with E-state index in [1.165, 1.54) is 6.08 Å². The first-order chi connectivity index (χ1) is 5.24. The van der Waals surface area contributed by atoms with E-state index < -0.39 is 0 Å². The molecular weight excluding hydrogens is 187 g/mol. The Labute approximate surface area is 76.1 Å². The molecule has 0 aromatic heterocycles. The maximum atomic E-state index is 10.8. The van der Waals surface area contributed by atoms with E-state index in [4.69, 9.17) is 23.2 Å². The van der Waals surface area contributed by atoms with Crippen LogP contribution in [0.3, 0.4) is 0 Å². The van der Waals surface area contributed by atoms with E-state index in [9.17, 15) is 4.79 Å². The molecule has 0 aliphatic heterocycles. The Morgan fingerprint density at radius 1 is 1.45 bits per heavy atom. The van der Waals surface area contributed by atoms with Crippen molar-refractivity contribution in [2.24, 2.45) is 0 Å². The predicted octanol–water partition coefficient (Wildman–Crippen LogP) is 1.95. The lowest BCUT2D eigenvalue weighted by molar-refractivity contribution is -0.137. The van der Waals surface area contributed by atoms with Crippen molar-refractivity contribution >= 4 is 29.2 Å². The van der Waals surface area contributed by atoms with E-state index in [2.05, 4.69) is 4.74 Å². The third kappa shape index (κ3) is 5.10. The molecule has 0 bridgehead atoms. The normalized spacial score (nSPS) is 9.00. The molecule has 11 heavy (non-hydrogen) atoms. The number of carbonyl (C=O) groups is 1. The number of halogens is 2. The zero-order chi connectivity index (χ0) is 8.69. The highest BCUT2D eigenvalue weighted by molar-refractivity contribution is 6.23. The smallest absolute Gasteiger partial charge is 0.330 e. The summed E-state index contributed by atoms with van der Waals surface area (Å²) in [6.07, 6.45) is 1.32. The van der Waals surface area contributed by atoms with E-state index in [1.807, 2.05) is 0 Å². The first-order valence-electron chi connectivity index (χ1n) is 3.22. The molecule has 0 aromatic rings. The molecule has 0 N–H and O–H groups in total. The molecule has 0 atom stereocenters. The minimum absolute atomic E-state index is 0.266. The monoisotopic (exact) mass is 196 g/mol. The van der Waals surface area contributed by atoms with E-state index in [0.717, 1.165) is 0 Å². The number of hydrogen-bond acceptors (Lipinski definition) is 2. The molecule has 0 radical (unpaired) electrons. The quantitative estimate of drug-likeness (QED) is 0.391. The fourth-order valence-corrected chi connectivity index (χ4v) is 0.903. The van der Waals surface area contributed by atoms with Crippen molar-refractivity contribution in [3.63, 3.8) is 0 Å². The highest BCUT2D eigenvalue weighted by Crippen LogP contribution is 2.00. The molecule has 0 spiro atoms. The lowest BCUT2D eigenvalue weighted by Crippen LogP contribution is -2.02. The largest absolute Gasteiger partial charge is 0.463 e. The minimum atomic E-state index is -0.385. The van der Waals surface area contributed by atoms with Gasteiger partial charge in [0.1, 0.15) is 0 Å². The van der Waals surface area contributed by atoms with Gasteiger partial charge >= 0.3 is 5.97 Å². The zero-order valence-corrected chi connectivity index (χ0v) is 7.78. The molecule has 0 rings (SSSR count). The zero-order valence-electron chi connectivity index (χ0n) is 6.27. The molecular formula is C7H10Cl2O2. The maximum absolute atomic E-state index is 10.8. The summed E-state index contributed by atoms with van der Waals surface area (Å²) >= 11 is 10.9. The summed E-state index contributed by atoms with van der Waals surface area (Å²) in [7, 11) is 0. The fraction of sp³-hybridized carbons (Fsp3) is 0.571. The number of ether oxygens (including phenoxy) is 1. The van der Waals surface area contributed by atoms with E-state index in [1.54, 1.807) is 6.92 Å². The summed E-state index contributed by atoms with van der Waals surface area (Å²) in [5.74, 6) is 0.147. The van der Waals surface area contributed by atoms with Gasteiger partial charge in [-0.25, -0.2) is 4.79 Å². The number of allylic oxidation sites excluding steroid dienone is 1. The van der Waals surface area contributed by atoms with E-state index in [0.29, 0.717) is 12.2 Å². The molecule has 0 aliphatic rings. The van der Waals surface area contributed by atoms with Crippen LogP contribution in [-0.2, 0) is 9.53 Å². The molecule has 0 fully saturated rings. The molecule has 2 nitrogen and oxygen atoms in total. The Balaban J connectivity index is 3.93. The van der Waals surface area contributed by atoms with Gasteiger partial charge in [-0.1, -0.05) is 0 Å². The maximum Gasteiger partial charge on any atom is 0.330 e. The first-order valence-corrected chi connectivity index (χ1v) is 4.29. The van der Waals surface area contributed by atoms with Gasteiger partial charge in [0.2, 0.25) is 0 Å². The van der Waals surface area contributed by atoms with Crippen LogP contribution in [-0.4, -0.2) is 24.3 Å². The van der Waals surface area contributed by atoms with Gasteiger partial charge in [0, 0.05) is 17.8 Å². The van der Waals surface area contributed by atoms with E-state index in [-0.39, 0.29) is 17.7 Å². The summed E-state index contributed by atoms with van der Waals surface area (Å²) in [6.45, 7) is 2.11. The molecule has 4 heteroatoms. The second-order valence-electron chi connectivity index (χ2n) is 1.82. The van der Waals surface area contributed by atoms with Crippen LogP contribution in [0.5, 0.6) is 0 Å². The predicted molar refractivity (Wildman–Crippen MR) is 46.2 cm³/mol. The van der Waals surface area contributed by atoms with Gasteiger partial charge in [-0.2, -0.15) is 0 Å². The molecule has 0 unspecified atom stereocenters. The summed E-state index contributed by atoms with van der Waals surface area (Å²) in [5.41, 5.74) is 0.673. The molecule has 0 amide bonds. The van der Waals surface area contributed by atoms with Crippen LogP contribution in [0.2, 0.25) is 0 Å². The van der Waals surface area contributed by atoms with Crippen LogP contribution in [0.1, 0.15) is 6.92 Å². The van der Waals surface area contributed by atoms with Crippen LogP contribution in [0.25, 0.3) is 0 Å². The standard InChI is InChI=1S/C7H10Cl2O2/c1-2-11-7(10)3-6(4-8)5-9/h3H,2,4-5H2,1H3. The molecule has 64 valence electrons. The molecule has 0 saturated carbocycles. The third-order valence-electron chi connectivity index (χ3n) is 0.952.